The Kier molecular flexibility index (Phi) is 2.91. The van der Waals surface area contributed by atoms with E-state index < -0.39 is 0 Å². The molecule has 2 heteroatoms. The molecule has 0 unspecified atom stereocenters. The van der Waals surface area contributed by atoms with Gasteiger partial charge in [-0.05, 0) is 23.1 Å². The zero-order valence-electron chi connectivity index (χ0n) is 9.53. The Bertz CT molecular complexity index is 526. The largest absolute Gasteiger partial charge is 0.326 e. The summed E-state index contributed by atoms with van der Waals surface area (Å²) >= 11 is 0. The molecule has 0 amide bonds. The molecule has 1 N–H and O–H groups in total. The molecule has 0 atom stereocenters. The Labute approximate surface area is 95.0 Å². The Hall–Kier alpha value is -1.83. The van der Waals surface area contributed by atoms with Crippen molar-refractivity contribution < 1.29 is 0 Å². The first-order chi connectivity index (χ1) is 7.66. The first kappa shape index (κ1) is 10.7. The van der Waals surface area contributed by atoms with Gasteiger partial charge in [0.05, 0.1) is 0 Å². The normalized spacial score (nSPS) is 10.7. The van der Waals surface area contributed by atoms with E-state index in [1.807, 2.05) is 36.4 Å². The summed E-state index contributed by atoms with van der Waals surface area (Å²) in [6.45, 7) is 4.14. The third kappa shape index (κ3) is 2.22. The summed E-state index contributed by atoms with van der Waals surface area (Å²) in [5.74, 6) is 0.330. The lowest BCUT2D eigenvalue weighted by Crippen LogP contribution is -2.08. The zero-order valence-corrected chi connectivity index (χ0v) is 9.53. The van der Waals surface area contributed by atoms with Crippen molar-refractivity contribution in [1.29, 1.82) is 0 Å². The van der Waals surface area contributed by atoms with Crippen LogP contribution in [0.25, 0.3) is 11.1 Å². The monoisotopic (exact) mass is 213 g/mol. The van der Waals surface area contributed by atoms with Crippen LogP contribution in [-0.4, -0.2) is 4.98 Å². The molecule has 82 valence electrons. The van der Waals surface area contributed by atoms with Crippen LogP contribution in [0.2, 0.25) is 0 Å². The topological polar surface area (TPSA) is 32.9 Å². The molecule has 0 spiro atoms. The predicted molar refractivity (Wildman–Crippen MR) is 66.6 cm³/mol. The van der Waals surface area contributed by atoms with E-state index in [2.05, 4.69) is 18.8 Å². The second-order valence-corrected chi connectivity index (χ2v) is 4.21. The van der Waals surface area contributed by atoms with Gasteiger partial charge in [-0.25, -0.2) is 0 Å². The van der Waals surface area contributed by atoms with E-state index in [1.165, 1.54) is 0 Å². The fourth-order valence-electron chi connectivity index (χ4n) is 1.67. The van der Waals surface area contributed by atoms with Crippen molar-refractivity contribution in [3.05, 3.63) is 58.5 Å². The van der Waals surface area contributed by atoms with Crippen molar-refractivity contribution in [3.63, 3.8) is 0 Å². The van der Waals surface area contributed by atoms with Gasteiger partial charge in [-0.3, -0.25) is 4.79 Å². The van der Waals surface area contributed by atoms with Crippen LogP contribution in [0.1, 0.15) is 25.5 Å². The summed E-state index contributed by atoms with van der Waals surface area (Å²) in [5, 5.41) is 0. The van der Waals surface area contributed by atoms with Gasteiger partial charge in [-0.15, -0.1) is 0 Å². The van der Waals surface area contributed by atoms with Crippen LogP contribution >= 0.6 is 0 Å². The minimum Gasteiger partial charge on any atom is -0.326 e. The molecule has 2 rings (SSSR count). The maximum Gasteiger partial charge on any atom is 0.248 e. The summed E-state index contributed by atoms with van der Waals surface area (Å²) in [5.41, 5.74) is 3.00. The molecule has 0 aliphatic rings. The number of H-pyrrole nitrogens is 1. The number of hydrogen-bond acceptors (Lipinski definition) is 1. The fraction of sp³-hybridized carbons (Fsp3) is 0.214. The van der Waals surface area contributed by atoms with Gasteiger partial charge in [0.25, 0.3) is 0 Å². The highest BCUT2D eigenvalue weighted by atomic mass is 16.1. The lowest BCUT2D eigenvalue weighted by molar-refractivity contribution is 0.816. The minimum absolute atomic E-state index is 0.0370. The van der Waals surface area contributed by atoms with Gasteiger partial charge in [-0.2, -0.15) is 0 Å². The van der Waals surface area contributed by atoms with Crippen LogP contribution in [0, 0.1) is 0 Å². The van der Waals surface area contributed by atoms with E-state index in [0.29, 0.717) is 5.92 Å². The van der Waals surface area contributed by atoms with E-state index >= 15 is 0 Å². The quantitative estimate of drug-likeness (QED) is 0.816. The van der Waals surface area contributed by atoms with Gasteiger partial charge in [0.15, 0.2) is 0 Å². The lowest BCUT2D eigenvalue weighted by atomic mass is 10.0. The number of rotatable bonds is 2. The van der Waals surface area contributed by atoms with Crippen LogP contribution in [0.3, 0.4) is 0 Å². The van der Waals surface area contributed by atoms with E-state index in [0.717, 1.165) is 16.8 Å². The first-order valence-corrected chi connectivity index (χ1v) is 5.46. The van der Waals surface area contributed by atoms with Crippen molar-refractivity contribution >= 4 is 0 Å². The minimum atomic E-state index is -0.0370. The highest BCUT2D eigenvalue weighted by molar-refractivity contribution is 5.63. The van der Waals surface area contributed by atoms with Crippen molar-refractivity contribution in [1.82, 2.24) is 4.98 Å². The van der Waals surface area contributed by atoms with Crippen LogP contribution in [0.15, 0.2) is 47.3 Å². The molecule has 0 bridgehead atoms. The molecule has 0 aliphatic heterocycles. The fourth-order valence-corrected chi connectivity index (χ4v) is 1.67. The summed E-state index contributed by atoms with van der Waals surface area (Å²) in [4.78, 5) is 14.4. The SMILES string of the molecule is CC(C)c1cc(-c2ccccc2)cc(=O)[nH]1. The molecule has 16 heavy (non-hydrogen) atoms. The molecule has 1 aromatic carbocycles. The number of nitrogens with one attached hydrogen (secondary N) is 1. The number of aromatic amines is 1. The molecule has 0 saturated heterocycles. The standard InChI is InChI=1S/C14H15NO/c1-10(2)13-8-12(9-14(16)15-13)11-6-4-3-5-7-11/h3-10H,1-2H3,(H,15,16). The molecule has 1 aromatic heterocycles. The third-order valence-corrected chi connectivity index (χ3v) is 2.59. The Morgan fingerprint density at radius 3 is 2.31 bits per heavy atom. The van der Waals surface area contributed by atoms with Crippen LogP contribution < -0.4 is 5.56 Å². The van der Waals surface area contributed by atoms with Crippen LogP contribution in [0.5, 0.6) is 0 Å². The van der Waals surface area contributed by atoms with Gasteiger partial charge in [0.1, 0.15) is 0 Å². The first-order valence-electron chi connectivity index (χ1n) is 5.46. The van der Waals surface area contributed by atoms with Gasteiger partial charge < -0.3 is 4.98 Å². The predicted octanol–water partition coefficient (Wildman–Crippen LogP) is 3.17. The van der Waals surface area contributed by atoms with Gasteiger partial charge in [0, 0.05) is 11.8 Å². The smallest absolute Gasteiger partial charge is 0.248 e. The van der Waals surface area contributed by atoms with Crippen molar-refractivity contribution in [2.45, 2.75) is 19.8 Å². The van der Waals surface area contributed by atoms with Crippen molar-refractivity contribution in [3.8, 4) is 11.1 Å². The highest BCUT2D eigenvalue weighted by Crippen LogP contribution is 2.20. The van der Waals surface area contributed by atoms with Crippen LogP contribution in [-0.2, 0) is 0 Å². The van der Waals surface area contributed by atoms with Gasteiger partial charge in [-0.1, -0.05) is 44.2 Å². The Balaban J connectivity index is 2.54. The summed E-state index contributed by atoms with van der Waals surface area (Å²) in [6, 6.07) is 13.6. The molecule has 0 fully saturated rings. The maximum atomic E-state index is 11.5. The van der Waals surface area contributed by atoms with E-state index in [1.54, 1.807) is 6.07 Å². The summed E-state index contributed by atoms with van der Waals surface area (Å²) in [7, 11) is 0. The highest BCUT2D eigenvalue weighted by Gasteiger charge is 2.04. The molecule has 0 aliphatic carbocycles. The number of aromatic nitrogens is 1. The molecule has 0 radical (unpaired) electrons. The second-order valence-electron chi connectivity index (χ2n) is 4.21. The molecule has 0 saturated carbocycles. The van der Waals surface area contributed by atoms with Crippen molar-refractivity contribution in [2.24, 2.45) is 0 Å². The second kappa shape index (κ2) is 4.35. The molecule has 2 nitrogen and oxygen atoms in total. The number of benzene rings is 1. The Morgan fingerprint density at radius 2 is 1.69 bits per heavy atom. The van der Waals surface area contributed by atoms with Crippen molar-refractivity contribution in [2.75, 3.05) is 0 Å². The molecular weight excluding hydrogens is 198 g/mol. The maximum absolute atomic E-state index is 11.5. The zero-order chi connectivity index (χ0) is 11.5. The molecule has 2 aromatic rings. The van der Waals surface area contributed by atoms with Gasteiger partial charge >= 0.3 is 0 Å². The lowest BCUT2D eigenvalue weighted by Gasteiger charge is -2.07. The van der Waals surface area contributed by atoms with E-state index in [-0.39, 0.29) is 5.56 Å². The van der Waals surface area contributed by atoms with E-state index in [4.69, 9.17) is 0 Å². The number of hydrogen-bond donors (Lipinski definition) is 1. The number of pyridine rings is 1. The van der Waals surface area contributed by atoms with Gasteiger partial charge in [0.2, 0.25) is 5.56 Å². The van der Waals surface area contributed by atoms with E-state index in [9.17, 15) is 4.79 Å². The average Bonchev–Trinajstić information content (AvgIpc) is 2.29. The summed E-state index contributed by atoms with van der Waals surface area (Å²) in [6.07, 6.45) is 0. The summed E-state index contributed by atoms with van der Waals surface area (Å²) < 4.78 is 0. The molecular formula is C14H15NO. The average molecular weight is 213 g/mol. The molecule has 1 heterocycles. The third-order valence-electron chi connectivity index (χ3n) is 2.59. The van der Waals surface area contributed by atoms with Crippen LogP contribution in [0.4, 0.5) is 0 Å². The Morgan fingerprint density at radius 1 is 1.00 bits per heavy atom.